The zero-order valence-electron chi connectivity index (χ0n) is 31.0. The van der Waals surface area contributed by atoms with Crippen molar-refractivity contribution in [2.75, 3.05) is 32.8 Å². The standard InChI is InChI=1S/C38H51F3N8O2Si/c1-6-46(7-2)24-28-18-30(38(39,40)41)20-33(19-28)51-32-8-13-47(14-9-32)31-21-37(22-31,11-12-42)49-25-29(23-45-49)35-34-10-15-48(36(34)44-26-43-35)27-50-16-17-52(3,4)5/h10,15,18-20,23,25-26,31-32H,6-9,11,13-14,16-17,21-22,24,27H2,1-5H3/t31-,37+. The summed E-state index contributed by atoms with van der Waals surface area (Å²) in [6.07, 6.45) is 6.16. The summed E-state index contributed by atoms with van der Waals surface area (Å²) in [5.41, 5.74) is 2.00. The van der Waals surface area contributed by atoms with Crippen molar-refractivity contribution >= 4 is 19.1 Å². The van der Waals surface area contributed by atoms with Gasteiger partial charge in [0.25, 0.3) is 0 Å². The number of hydrogen-bond acceptors (Lipinski definition) is 8. The molecule has 0 N–H and O–H groups in total. The molecule has 14 heteroatoms. The van der Waals surface area contributed by atoms with Gasteiger partial charge in [0.1, 0.15) is 30.6 Å². The zero-order chi connectivity index (χ0) is 37.1. The number of alkyl halides is 3. The Morgan fingerprint density at radius 3 is 2.50 bits per heavy atom. The van der Waals surface area contributed by atoms with Crippen LogP contribution in [0.15, 0.2) is 49.2 Å². The summed E-state index contributed by atoms with van der Waals surface area (Å²) >= 11 is 0. The monoisotopic (exact) mass is 736 g/mol. The molecule has 2 fully saturated rings. The highest BCUT2D eigenvalue weighted by Gasteiger charge is 2.49. The lowest BCUT2D eigenvalue weighted by atomic mass is 9.69. The second kappa shape index (κ2) is 15.7. The van der Waals surface area contributed by atoms with Crippen molar-refractivity contribution < 1.29 is 22.6 Å². The molecule has 0 amide bonds. The number of fused-ring (bicyclic) bond motifs is 1. The second-order valence-corrected chi connectivity index (χ2v) is 21.2. The molecule has 52 heavy (non-hydrogen) atoms. The number of hydrogen-bond donors (Lipinski definition) is 0. The van der Waals surface area contributed by atoms with Crippen molar-refractivity contribution in [1.29, 1.82) is 5.26 Å². The predicted molar refractivity (Wildman–Crippen MR) is 197 cm³/mol. The Hall–Kier alpha value is -3.77. The molecule has 10 nitrogen and oxygen atoms in total. The van der Waals surface area contributed by atoms with Crippen LogP contribution in [0.2, 0.25) is 25.7 Å². The first kappa shape index (κ1) is 38.0. The van der Waals surface area contributed by atoms with Crippen LogP contribution >= 0.6 is 0 Å². The zero-order valence-corrected chi connectivity index (χ0v) is 32.0. The molecule has 1 aliphatic heterocycles. The Morgan fingerprint density at radius 1 is 1.08 bits per heavy atom. The largest absolute Gasteiger partial charge is 0.490 e. The quantitative estimate of drug-likeness (QED) is 0.0902. The minimum Gasteiger partial charge on any atom is -0.490 e. The van der Waals surface area contributed by atoms with Gasteiger partial charge in [0.2, 0.25) is 0 Å². The fourth-order valence-electron chi connectivity index (χ4n) is 7.46. The summed E-state index contributed by atoms with van der Waals surface area (Å²) in [6, 6.07) is 9.93. The molecule has 1 saturated carbocycles. The number of nitriles is 1. The first-order chi connectivity index (χ1) is 24.8. The number of benzene rings is 1. The van der Waals surface area contributed by atoms with E-state index in [-0.39, 0.29) is 17.9 Å². The van der Waals surface area contributed by atoms with Crippen LogP contribution in [0.4, 0.5) is 13.2 Å². The summed E-state index contributed by atoms with van der Waals surface area (Å²) in [5, 5.41) is 15.5. The van der Waals surface area contributed by atoms with Crippen molar-refractivity contribution in [2.45, 2.75) is 109 Å². The lowest BCUT2D eigenvalue weighted by Crippen LogP contribution is -2.58. The van der Waals surface area contributed by atoms with Crippen LogP contribution in [0, 0.1) is 11.3 Å². The number of aromatic nitrogens is 5. The lowest BCUT2D eigenvalue weighted by Gasteiger charge is -2.52. The van der Waals surface area contributed by atoms with Crippen LogP contribution in [0.5, 0.6) is 5.75 Å². The van der Waals surface area contributed by atoms with E-state index in [1.54, 1.807) is 12.4 Å². The molecule has 0 bridgehead atoms. The number of rotatable bonds is 15. The van der Waals surface area contributed by atoms with E-state index in [1.165, 1.54) is 6.07 Å². The Balaban J connectivity index is 1.07. The van der Waals surface area contributed by atoms with Crippen molar-refractivity contribution in [2.24, 2.45) is 0 Å². The molecule has 3 aromatic heterocycles. The molecule has 4 aromatic rings. The molecule has 6 rings (SSSR count). The van der Waals surface area contributed by atoms with Gasteiger partial charge in [-0.05, 0) is 74.6 Å². The van der Waals surface area contributed by atoms with Crippen molar-refractivity contribution in [3.63, 3.8) is 0 Å². The van der Waals surface area contributed by atoms with Crippen LogP contribution in [-0.4, -0.2) is 87.1 Å². The normalized spacial score (nSPS) is 20.3. The summed E-state index contributed by atoms with van der Waals surface area (Å²) in [4.78, 5) is 13.7. The summed E-state index contributed by atoms with van der Waals surface area (Å²) in [7, 11) is -1.18. The Bertz CT molecular complexity index is 1840. The van der Waals surface area contributed by atoms with E-state index in [2.05, 4.69) is 45.5 Å². The third-order valence-electron chi connectivity index (χ3n) is 10.7. The first-order valence-electron chi connectivity index (χ1n) is 18.4. The van der Waals surface area contributed by atoms with Gasteiger partial charge in [0.15, 0.2) is 0 Å². The molecule has 0 radical (unpaired) electrons. The van der Waals surface area contributed by atoms with Crippen LogP contribution in [0.1, 0.15) is 57.1 Å². The van der Waals surface area contributed by atoms with Gasteiger partial charge in [0.05, 0.1) is 35.5 Å². The van der Waals surface area contributed by atoms with Gasteiger partial charge < -0.3 is 14.0 Å². The highest BCUT2D eigenvalue weighted by Crippen LogP contribution is 2.46. The van der Waals surface area contributed by atoms with E-state index in [0.717, 1.165) is 92.9 Å². The molecule has 1 aliphatic carbocycles. The topological polar surface area (TPSA) is 97.3 Å². The molecule has 1 aromatic carbocycles. The maximum Gasteiger partial charge on any atom is 0.416 e. The SMILES string of the molecule is CCN(CC)Cc1cc(OC2CCN([C@H]3C[C@@](CC#N)(n4cc(-c5ncnc6c5ccn6COCC[Si](C)(C)C)cn4)C3)CC2)cc(C(F)(F)F)c1. The van der Waals surface area contributed by atoms with E-state index in [4.69, 9.17) is 14.6 Å². The summed E-state index contributed by atoms with van der Waals surface area (Å²) in [5.74, 6) is 0.282. The van der Waals surface area contributed by atoms with E-state index in [0.29, 0.717) is 25.3 Å². The van der Waals surface area contributed by atoms with Crippen LogP contribution in [0.3, 0.4) is 0 Å². The number of ether oxygens (including phenoxy) is 2. The van der Waals surface area contributed by atoms with Gasteiger partial charge in [-0.15, -0.1) is 0 Å². The average Bonchev–Trinajstić information content (AvgIpc) is 3.75. The second-order valence-electron chi connectivity index (χ2n) is 15.6. The molecule has 0 atom stereocenters. The smallest absolute Gasteiger partial charge is 0.416 e. The fraction of sp³-hybridized carbons (Fsp3) is 0.579. The van der Waals surface area contributed by atoms with Crippen molar-refractivity contribution in [1.82, 2.24) is 34.1 Å². The van der Waals surface area contributed by atoms with Crippen LogP contribution in [-0.2, 0) is 29.7 Å². The first-order valence-corrected chi connectivity index (χ1v) is 22.2. The molecule has 2 aliphatic rings. The van der Waals surface area contributed by atoms with E-state index >= 15 is 0 Å². The van der Waals surface area contributed by atoms with E-state index in [9.17, 15) is 18.4 Å². The molecular weight excluding hydrogens is 686 g/mol. The number of nitrogens with zero attached hydrogens (tertiary/aromatic N) is 8. The van der Waals surface area contributed by atoms with Gasteiger partial charge in [-0.3, -0.25) is 14.5 Å². The van der Waals surface area contributed by atoms with Gasteiger partial charge in [-0.25, -0.2) is 9.97 Å². The van der Waals surface area contributed by atoms with E-state index < -0.39 is 25.4 Å². The number of halogens is 3. The van der Waals surface area contributed by atoms with Gasteiger partial charge in [0, 0.05) is 63.7 Å². The summed E-state index contributed by atoms with van der Waals surface area (Å²) in [6.45, 7) is 15.7. The molecule has 0 unspecified atom stereocenters. The molecule has 0 spiro atoms. The van der Waals surface area contributed by atoms with Crippen molar-refractivity contribution in [3.05, 3.63) is 60.3 Å². The number of likely N-dealkylation sites (tertiary alicyclic amines) is 1. The predicted octanol–water partition coefficient (Wildman–Crippen LogP) is 7.78. The van der Waals surface area contributed by atoms with Crippen molar-refractivity contribution in [3.8, 4) is 23.1 Å². The average molecular weight is 737 g/mol. The molecular formula is C38H51F3N8O2Si. The van der Waals surface area contributed by atoms with Crippen LogP contribution in [0.25, 0.3) is 22.3 Å². The Morgan fingerprint density at radius 2 is 1.83 bits per heavy atom. The maximum atomic E-state index is 13.8. The van der Waals surface area contributed by atoms with E-state index in [1.807, 2.05) is 47.8 Å². The minimum atomic E-state index is -4.44. The highest BCUT2D eigenvalue weighted by atomic mass is 28.3. The number of piperidine rings is 1. The van der Waals surface area contributed by atoms with Gasteiger partial charge in [-0.2, -0.15) is 23.5 Å². The minimum absolute atomic E-state index is 0.157. The summed E-state index contributed by atoms with van der Waals surface area (Å²) < 4.78 is 57.4. The third kappa shape index (κ3) is 8.70. The van der Waals surface area contributed by atoms with Gasteiger partial charge >= 0.3 is 6.18 Å². The lowest BCUT2D eigenvalue weighted by molar-refractivity contribution is -0.137. The Kier molecular flexibility index (Phi) is 11.4. The molecule has 280 valence electrons. The highest BCUT2D eigenvalue weighted by molar-refractivity contribution is 6.76. The van der Waals surface area contributed by atoms with Crippen LogP contribution < -0.4 is 4.74 Å². The maximum absolute atomic E-state index is 13.8. The molecule has 1 saturated heterocycles. The third-order valence-corrected chi connectivity index (χ3v) is 12.4. The van der Waals surface area contributed by atoms with Gasteiger partial charge in [-0.1, -0.05) is 33.5 Å². The fourth-order valence-corrected chi connectivity index (χ4v) is 8.22. The molecule has 4 heterocycles. The Labute approximate surface area is 305 Å².